The number of para-hydroxylation sites is 4. The molecule has 0 aliphatic carbocycles. The molecule has 3 heterocycles. The Morgan fingerprint density at radius 3 is 1.48 bits per heavy atom. The Hall–Kier alpha value is -5.15. The number of pyridine rings is 1. The topological polar surface area (TPSA) is 22.8 Å². The van der Waals surface area contributed by atoms with E-state index in [4.69, 9.17) is 4.98 Å². The van der Waals surface area contributed by atoms with E-state index in [0.29, 0.717) is 0 Å². The van der Waals surface area contributed by atoms with Crippen LogP contribution >= 0.6 is 0 Å². The first kappa shape index (κ1) is 22.8. The highest BCUT2D eigenvalue weighted by molar-refractivity contribution is 6.10. The molecule has 0 radical (unpaired) electrons. The molecule has 0 spiro atoms. The van der Waals surface area contributed by atoms with Crippen LogP contribution in [0.15, 0.2) is 128 Å². The molecule has 40 heavy (non-hydrogen) atoms. The van der Waals surface area contributed by atoms with E-state index >= 15 is 0 Å². The minimum absolute atomic E-state index is 1.02. The first-order valence-corrected chi connectivity index (χ1v) is 13.7. The van der Waals surface area contributed by atoms with Crippen molar-refractivity contribution in [3.05, 3.63) is 139 Å². The largest absolute Gasteiger partial charge is 0.309 e. The van der Waals surface area contributed by atoms with Crippen LogP contribution in [0, 0.1) is 13.8 Å². The van der Waals surface area contributed by atoms with Gasteiger partial charge in [0.15, 0.2) is 0 Å². The lowest BCUT2D eigenvalue weighted by Gasteiger charge is -2.19. The van der Waals surface area contributed by atoms with Crippen LogP contribution in [0.1, 0.15) is 11.1 Å². The summed E-state index contributed by atoms with van der Waals surface area (Å²) in [6.07, 6.45) is 1.90. The molecule has 0 aliphatic rings. The average Bonchev–Trinajstić information content (AvgIpc) is 3.51. The lowest BCUT2D eigenvalue weighted by atomic mass is 9.98. The average molecular weight is 514 g/mol. The lowest BCUT2D eigenvalue weighted by molar-refractivity contribution is 1.11. The summed E-state index contributed by atoms with van der Waals surface area (Å²) in [6, 6.07) is 43.7. The van der Waals surface area contributed by atoms with Gasteiger partial charge in [0.1, 0.15) is 0 Å². The summed E-state index contributed by atoms with van der Waals surface area (Å²) in [5, 5.41) is 5.03. The van der Waals surface area contributed by atoms with Crippen molar-refractivity contribution in [2.75, 3.05) is 0 Å². The first-order chi connectivity index (χ1) is 19.7. The molecule has 3 nitrogen and oxygen atoms in total. The van der Waals surface area contributed by atoms with E-state index in [2.05, 4.69) is 138 Å². The molecule has 0 bridgehead atoms. The van der Waals surface area contributed by atoms with Crippen molar-refractivity contribution in [2.45, 2.75) is 13.8 Å². The molecule has 3 aromatic heterocycles. The first-order valence-electron chi connectivity index (χ1n) is 13.7. The predicted molar refractivity (Wildman–Crippen MR) is 168 cm³/mol. The molecule has 8 rings (SSSR count). The van der Waals surface area contributed by atoms with Crippen LogP contribution in [0.25, 0.3) is 66.2 Å². The van der Waals surface area contributed by atoms with Crippen molar-refractivity contribution in [3.63, 3.8) is 0 Å². The van der Waals surface area contributed by atoms with Gasteiger partial charge in [0.05, 0.1) is 33.4 Å². The molecule has 3 heteroatoms. The monoisotopic (exact) mass is 513 g/mol. The van der Waals surface area contributed by atoms with Gasteiger partial charge in [0.2, 0.25) is 0 Å². The van der Waals surface area contributed by atoms with Crippen LogP contribution in [0.3, 0.4) is 0 Å². The van der Waals surface area contributed by atoms with Gasteiger partial charge in [-0.3, -0.25) is 4.98 Å². The molecular weight excluding hydrogens is 486 g/mol. The van der Waals surface area contributed by atoms with E-state index in [1.807, 2.05) is 12.3 Å². The molecule has 190 valence electrons. The standard InChI is InChI=1S/C37H27N3/c1-24-12-11-21-38-37(24)31-22-26(39-32-17-7-3-13-27(32)28-14-4-8-18-33(28)39)23-36(25(31)2)40-34-19-9-5-15-29(34)30-16-6-10-20-35(30)40/h3-23H,1-2H3. The quantitative estimate of drug-likeness (QED) is 0.231. The molecule has 0 amide bonds. The molecule has 5 aromatic carbocycles. The van der Waals surface area contributed by atoms with Crippen LogP contribution in [-0.2, 0) is 0 Å². The minimum atomic E-state index is 1.02. The van der Waals surface area contributed by atoms with Crippen LogP contribution in [0.2, 0.25) is 0 Å². The van der Waals surface area contributed by atoms with Crippen LogP contribution < -0.4 is 0 Å². The normalized spacial score (nSPS) is 11.8. The fraction of sp³-hybridized carbons (Fsp3) is 0.0541. The Bertz CT molecular complexity index is 2140. The molecule has 0 atom stereocenters. The highest BCUT2D eigenvalue weighted by atomic mass is 15.0. The highest BCUT2D eigenvalue weighted by Crippen LogP contribution is 2.39. The smallest absolute Gasteiger partial charge is 0.0735 e. The number of hydrogen-bond acceptors (Lipinski definition) is 1. The molecule has 0 saturated carbocycles. The molecule has 0 aliphatic heterocycles. The second-order valence-corrected chi connectivity index (χ2v) is 10.5. The summed E-state index contributed by atoms with van der Waals surface area (Å²) in [5.74, 6) is 0. The third-order valence-electron chi connectivity index (χ3n) is 8.29. The second-order valence-electron chi connectivity index (χ2n) is 10.5. The Kier molecular flexibility index (Phi) is 4.95. The summed E-state index contributed by atoms with van der Waals surface area (Å²) in [4.78, 5) is 4.89. The van der Waals surface area contributed by atoms with E-state index in [1.165, 1.54) is 49.2 Å². The van der Waals surface area contributed by atoms with Crippen molar-refractivity contribution in [3.8, 4) is 22.6 Å². The van der Waals surface area contributed by atoms with Crippen molar-refractivity contribution in [2.24, 2.45) is 0 Å². The maximum absolute atomic E-state index is 4.89. The van der Waals surface area contributed by atoms with Gasteiger partial charge in [-0.15, -0.1) is 0 Å². The third-order valence-corrected chi connectivity index (χ3v) is 8.29. The number of fused-ring (bicyclic) bond motifs is 6. The van der Waals surface area contributed by atoms with Gasteiger partial charge in [0, 0.05) is 39.0 Å². The van der Waals surface area contributed by atoms with Gasteiger partial charge in [-0.2, -0.15) is 0 Å². The summed E-state index contributed by atoms with van der Waals surface area (Å²) in [6.45, 7) is 4.38. The number of aryl methyl sites for hydroxylation is 1. The summed E-state index contributed by atoms with van der Waals surface area (Å²) < 4.78 is 4.84. The van der Waals surface area contributed by atoms with E-state index in [9.17, 15) is 0 Å². The van der Waals surface area contributed by atoms with Crippen molar-refractivity contribution in [1.29, 1.82) is 0 Å². The van der Waals surface area contributed by atoms with Crippen LogP contribution in [0.4, 0.5) is 0 Å². The Morgan fingerprint density at radius 2 is 0.975 bits per heavy atom. The number of rotatable bonds is 3. The highest BCUT2D eigenvalue weighted by Gasteiger charge is 2.20. The zero-order chi connectivity index (χ0) is 26.8. The maximum atomic E-state index is 4.89. The van der Waals surface area contributed by atoms with Crippen molar-refractivity contribution < 1.29 is 0 Å². The molecule has 8 aromatic rings. The Balaban J connectivity index is 1.55. The molecule has 0 N–H and O–H groups in total. The maximum Gasteiger partial charge on any atom is 0.0735 e. The number of nitrogens with zero attached hydrogens (tertiary/aromatic N) is 3. The third kappa shape index (κ3) is 3.21. The molecule has 0 saturated heterocycles. The van der Waals surface area contributed by atoms with E-state index in [-0.39, 0.29) is 0 Å². The number of aromatic nitrogens is 3. The number of hydrogen-bond donors (Lipinski definition) is 0. The Labute approximate surface area is 232 Å². The SMILES string of the molecule is Cc1cccnc1-c1cc(-n2c3ccccc3c3ccccc32)cc(-n2c3ccccc3c3ccccc32)c1C. The lowest BCUT2D eigenvalue weighted by Crippen LogP contribution is -2.04. The van der Waals surface area contributed by atoms with Crippen LogP contribution in [-0.4, -0.2) is 14.1 Å². The van der Waals surface area contributed by atoms with Gasteiger partial charge in [-0.25, -0.2) is 0 Å². The van der Waals surface area contributed by atoms with Gasteiger partial charge in [0.25, 0.3) is 0 Å². The fourth-order valence-corrected chi connectivity index (χ4v) is 6.44. The zero-order valence-electron chi connectivity index (χ0n) is 22.5. The second kappa shape index (κ2) is 8.69. The van der Waals surface area contributed by atoms with E-state index in [1.54, 1.807) is 0 Å². The van der Waals surface area contributed by atoms with Crippen molar-refractivity contribution >= 4 is 43.6 Å². The van der Waals surface area contributed by atoms with Crippen LogP contribution in [0.5, 0.6) is 0 Å². The van der Waals surface area contributed by atoms with Gasteiger partial charge >= 0.3 is 0 Å². The van der Waals surface area contributed by atoms with Gasteiger partial charge < -0.3 is 9.13 Å². The van der Waals surface area contributed by atoms with Crippen molar-refractivity contribution in [1.82, 2.24) is 14.1 Å². The summed E-state index contributed by atoms with van der Waals surface area (Å²) >= 11 is 0. The molecule has 0 unspecified atom stereocenters. The summed E-state index contributed by atoms with van der Waals surface area (Å²) in [5.41, 5.74) is 11.6. The molecular formula is C37H27N3. The molecule has 0 fully saturated rings. The van der Waals surface area contributed by atoms with E-state index in [0.717, 1.165) is 28.2 Å². The Morgan fingerprint density at radius 1 is 0.500 bits per heavy atom. The zero-order valence-corrected chi connectivity index (χ0v) is 22.5. The van der Waals surface area contributed by atoms with Gasteiger partial charge in [-0.1, -0.05) is 78.9 Å². The predicted octanol–water partition coefficient (Wildman–Crippen LogP) is 9.56. The number of benzene rings is 5. The fourth-order valence-electron chi connectivity index (χ4n) is 6.44. The minimum Gasteiger partial charge on any atom is -0.309 e. The van der Waals surface area contributed by atoms with Gasteiger partial charge in [-0.05, 0) is 67.4 Å². The summed E-state index contributed by atoms with van der Waals surface area (Å²) in [7, 11) is 0. The van der Waals surface area contributed by atoms with E-state index < -0.39 is 0 Å².